The Kier molecular flexibility index (Phi) is 3.98. The van der Waals surface area contributed by atoms with E-state index in [1.807, 2.05) is 13.0 Å². The van der Waals surface area contributed by atoms with Gasteiger partial charge in [-0.2, -0.15) is 0 Å². The standard InChI is InChI=1S/C16H16N4O3S/c1-11-4-3-5-14(8-11)24(22,23)19-13-6-7-15(17-10-13)20-16(21)9-12(2)18-20/h3-10,18-19H,1-2H3. The Morgan fingerprint density at radius 3 is 2.50 bits per heavy atom. The highest BCUT2D eigenvalue weighted by Crippen LogP contribution is 2.17. The molecule has 0 fully saturated rings. The van der Waals surface area contributed by atoms with Crippen LogP contribution in [0.2, 0.25) is 0 Å². The van der Waals surface area contributed by atoms with Gasteiger partial charge in [-0.25, -0.2) is 18.1 Å². The smallest absolute Gasteiger partial charge is 0.272 e. The summed E-state index contributed by atoms with van der Waals surface area (Å²) in [6.45, 7) is 3.59. The lowest BCUT2D eigenvalue weighted by Gasteiger charge is -2.09. The predicted molar refractivity (Wildman–Crippen MR) is 90.9 cm³/mol. The van der Waals surface area contributed by atoms with Gasteiger partial charge < -0.3 is 0 Å². The Bertz CT molecular complexity index is 1030. The van der Waals surface area contributed by atoms with Gasteiger partial charge in [0.05, 0.1) is 16.8 Å². The third kappa shape index (κ3) is 3.23. The molecule has 0 saturated heterocycles. The molecule has 0 aliphatic carbocycles. The molecule has 124 valence electrons. The molecule has 3 rings (SSSR count). The number of hydrogen-bond donors (Lipinski definition) is 2. The first-order chi connectivity index (χ1) is 11.3. The second-order valence-electron chi connectivity index (χ2n) is 5.44. The monoisotopic (exact) mass is 344 g/mol. The van der Waals surface area contributed by atoms with E-state index < -0.39 is 10.0 Å². The second kappa shape index (κ2) is 5.97. The molecule has 8 heteroatoms. The molecule has 0 aliphatic rings. The molecule has 2 heterocycles. The minimum absolute atomic E-state index is 0.183. The predicted octanol–water partition coefficient (Wildman–Crippen LogP) is 1.98. The van der Waals surface area contributed by atoms with E-state index in [1.165, 1.54) is 23.0 Å². The van der Waals surface area contributed by atoms with Crippen molar-refractivity contribution in [2.24, 2.45) is 0 Å². The van der Waals surface area contributed by atoms with Gasteiger partial charge in [0.15, 0.2) is 5.82 Å². The summed E-state index contributed by atoms with van der Waals surface area (Å²) in [5, 5.41) is 2.86. The van der Waals surface area contributed by atoms with Gasteiger partial charge in [-0.1, -0.05) is 12.1 Å². The number of aromatic amines is 1. The molecule has 2 N–H and O–H groups in total. The first-order valence-electron chi connectivity index (χ1n) is 7.20. The minimum Gasteiger partial charge on any atom is -0.294 e. The van der Waals surface area contributed by atoms with Crippen molar-refractivity contribution in [1.82, 2.24) is 14.8 Å². The molecular weight excluding hydrogens is 328 g/mol. The number of hydrogen-bond acceptors (Lipinski definition) is 4. The molecule has 0 aliphatic heterocycles. The minimum atomic E-state index is -3.68. The molecule has 0 bridgehead atoms. The van der Waals surface area contributed by atoms with Crippen molar-refractivity contribution in [3.63, 3.8) is 0 Å². The highest BCUT2D eigenvalue weighted by molar-refractivity contribution is 7.92. The van der Waals surface area contributed by atoms with Crippen molar-refractivity contribution < 1.29 is 8.42 Å². The van der Waals surface area contributed by atoms with Crippen molar-refractivity contribution in [2.45, 2.75) is 18.7 Å². The average Bonchev–Trinajstić information content (AvgIpc) is 2.86. The highest BCUT2D eigenvalue weighted by atomic mass is 32.2. The molecule has 0 radical (unpaired) electrons. The summed E-state index contributed by atoms with van der Waals surface area (Å²) in [5.74, 6) is 0.381. The van der Waals surface area contributed by atoms with E-state index in [0.29, 0.717) is 17.2 Å². The van der Waals surface area contributed by atoms with Crippen LogP contribution < -0.4 is 10.3 Å². The van der Waals surface area contributed by atoms with Gasteiger partial charge in [0.25, 0.3) is 15.6 Å². The van der Waals surface area contributed by atoms with Gasteiger partial charge in [-0.05, 0) is 43.7 Å². The zero-order chi connectivity index (χ0) is 17.3. The van der Waals surface area contributed by atoms with Crippen LogP contribution >= 0.6 is 0 Å². The number of benzene rings is 1. The summed E-state index contributed by atoms with van der Waals surface area (Å²) < 4.78 is 28.5. The van der Waals surface area contributed by atoms with Crippen molar-refractivity contribution in [1.29, 1.82) is 0 Å². The van der Waals surface area contributed by atoms with Crippen molar-refractivity contribution >= 4 is 15.7 Å². The first-order valence-corrected chi connectivity index (χ1v) is 8.68. The highest BCUT2D eigenvalue weighted by Gasteiger charge is 2.14. The van der Waals surface area contributed by atoms with Crippen LogP contribution in [-0.2, 0) is 10.0 Å². The molecule has 0 amide bonds. The van der Waals surface area contributed by atoms with Crippen LogP contribution in [-0.4, -0.2) is 23.2 Å². The normalized spacial score (nSPS) is 11.4. The topological polar surface area (TPSA) is 96.9 Å². The van der Waals surface area contributed by atoms with Crippen LogP contribution in [0, 0.1) is 13.8 Å². The van der Waals surface area contributed by atoms with E-state index in [0.717, 1.165) is 5.56 Å². The van der Waals surface area contributed by atoms with Crippen molar-refractivity contribution in [2.75, 3.05) is 4.72 Å². The van der Waals surface area contributed by atoms with E-state index >= 15 is 0 Å². The molecule has 0 unspecified atom stereocenters. The Labute approximate surface area is 139 Å². The number of nitrogens with zero attached hydrogens (tertiary/aromatic N) is 2. The lowest BCUT2D eigenvalue weighted by Crippen LogP contribution is -2.16. The van der Waals surface area contributed by atoms with E-state index in [2.05, 4.69) is 14.8 Å². The van der Waals surface area contributed by atoms with E-state index in [1.54, 1.807) is 31.2 Å². The van der Waals surface area contributed by atoms with Crippen LogP contribution in [0.15, 0.2) is 58.4 Å². The maximum absolute atomic E-state index is 12.4. The number of aromatic nitrogens is 3. The molecule has 3 aromatic rings. The number of aryl methyl sites for hydroxylation is 2. The fourth-order valence-corrected chi connectivity index (χ4v) is 3.41. The maximum atomic E-state index is 12.4. The first kappa shape index (κ1) is 16.0. The van der Waals surface area contributed by atoms with Gasteiger partial charge in [0.2, 0.25) is 0 Å². The number of pyridine rings is 1. The van der Waals surface area contributed by atoms with Crippen LogP contribution in [0.3, 0.4) is 0 Å². The molecule has 0 saturated carbocycles. The van der Waals surface area contributed by atoms with E-state index in [9.17, 15) is 13.2 Å². The number of H-pyrrole nitrogens is 1. The van der Waals surface area contributed by atoms with Gasteiger partial charge >= 0.3 is 0 Å². The van der Waals surface area contributed by atoms with Crippen LogP contribution in [0.25, 0.3) is 5.82 Å². The molecular formula is C16H16N4O3S. The number of anilines is 1. The van der Waals surface area contributed by atoms with Gasteiger partial charge in [-0.15, -0.1) is 0 Å². The summed E-state index contributed by atoms with van der Waals surface area (Å²) >= 11 is 0. The Morgan fingerprint density at radius 1 is 1.12 bits per heavy atom. The van der Waals surface area contributed by atoms with Crippen LogP contribution in [0.4, 0.5) is 5.69 Å². The third-order valence-corrected chi connectivity index (χ3v) is 4.76. The van der Waals surface area contributed by atoms with Crippen LogP contribution in [0.1, 0.15) is 11.3 Å². The summed E-state index contributed by atoms with van der Waals surface area (Å²) in [6.07, 6.45) is 1.37. The summed E-state index contributed by atoms with van der Waals surface area (Å²) in [7, 11) is -3.68. The molecule has 0 atom stereocenters. The Balaban J connectivity index is 1.86. The summed E-state index contributed by atoms with van der Waals surface area (Å²) in [5.41, 5.74) is 1.66. The van der Waals surface area contributed by atoms with Crippen molar-refractivity contribution in [3.05, 3.63) is 70.3 Å². The van der Waals surface area contributed by atoms with Gasteiger partial charge in [-0.3, -0.25) is 14.6 Å². The molecule has 7 nitrogen and oxygen atoms in total. The molecule has 24 heavy (non-hydrogen) atoms. The molecule has 0 spiro atoms. The largest absolute Gasteiger partial charge is 0.294 e. The number of nitrogens with one attached hydrogen (secondary N) is 2. The maximum Gasteiger partial charge on any atom is 0.272 e. The Morgan fingerprint density at radius 2 is 1.92 bits per heavy atom. The van der Waals surface area contributed by atoms with E-state index in [-0.39, 0.29) is 10.5 Å². The fourth-order valence-electron chi connectivity index (χ4n) is 2.26. The van der Waals surface area contributed by atoms with Crippen LogP contribution in [0.5, 0.6) is 0 Å². The lowest BCUT2D eigenvalue weighted by atomic mass is 10.2. The molecule has 1 aromatic carbocycles. The number of rotatable bonds is 4. The Hall–Kier alpha value is -2.87. The van der Waals surface area contributed by atoms with E-state index in [4.69, 9.17) is 0 Å². The van der Waals surface area contributed by atoms with Gasteiger partial charge in [0.1, 0.15) is 0 Å². The lowest BCUT2D eigenvalue weighted by molar-refractivity contribution is 0.601. The average molecular weight is 344 g/mol. The molecule has 2 aromatic heterocycles. The zero-order valence-corrected chi connectivity index (χ0v) is 14.0. The van der Waals surface area contributed by atoms with Crippen molar-refractivity contribution in [3.8, 4) is 5.82 Å². The fraction of sp³-hybridized carbons (Fsp3) is 0.125. The summed E-state index contributed by atoms with van der Waals surface area (Å²) in [4.78, 5) is 16.1. The zero-order valence-electron chi connectivity index (χ0n) is 13.1. The quantitative estimate of drug-likeness (QED) is 0.756. The van der Waals surface area contributed by atoms with Gasteiger partial charge in [0, 0.05) is 11.8 Å². The second-order valence-corrected chi connectivity index (χ2v) is 7.12. The SMILES string of the molecule is Cc1cccc(S(=O)(=O)Nc2ccc(-n3[nH]c(C)cc3=O)nc2)c1. The third-order valence-electron chi connectivity index (χ3n) is 3.38. The number of sulfonamides is 1. The summed E-state index contributed by atoms with van der Waals surface area (Å²) in [6, 6.07) is 11.2.